The number of aliphatic hydroxyl groups is 3. The van der Waals surface area contributed by atoms with E-state index in [-0.39, 0.29) is 6.61 Å². The Labute approximate surface area is 95.1 Å². The molecule has 1 saturated heterocycles. The maximum atomic E-state index is 8.85. The normalized spacial score (nSPS) is 18.4. The first kappa shape index (κ1) is 13.1. The first-order chi connectivity index (χ1) is 7.64. The van der Waals surface area contributed by atoms with Gasteiger partial charge in [-0.3, -0.25) is 0 Å². The lowest BCUT2D eigenvalue weighted by Gasteiger charge is -2.25. The Morgan fingerprint density at radius 2 is 1.62 bits per heavy atom. The molecule has 1 aliphatic rings. The predicted molar refractivity (Wildman–Crippen MR) is 59.6 cm³/mol. The quantitative estimate of drug-likeness (QED) is 0.615. The Morgan fingerprint density at radius 1 is 1.06 bits per heavy atom. The van der Waals surface area contributed by atoms with Gasteiger partial charge in [-0.05, 0) is 5.56 Å². The molecule has 3 N–H and O–H groups in total. The molecule has 0 atom stereocenters. The van der Waals surface area contributed by atoms with Crippen molar-refractivity contribution in [2.45, 2.75) is 25.2 Å². The molecule has 1 aromatic carbocycles. The van der Waals surface area contributed by atoms with E-state index in [0.717, 1.165) is 5.56 Å². The first-order valence-electron chi connectivity index (χ1n) is 5.31. The Hall–Kier alpha value is -0.940. The Kier molecular flexibility index (Phi) is 5.42. The van der Waals surface area contributed by atoms with Crippen molar-refractivity contribution >= 4 is 0 Å². The third kappa shape index (κ3) is 5.23. The highest BCUT2D eigenvalue weighted by molar-refractivity contribution is 5.12. The van der Waals surface area contributed by atoms with Gasteiger partial charge in [0.25, 0.3) is 0 Å². The van der Waals surface area contributed by atoms with Gasteiger partial charge in [0.1, 0.15) is 0 Å². The Balaban J connectivity index is 0.000000160. The number of benzene rings is 1. The Morgan fingerprint density at radius 3 is 1.94 bits per heavy atom. The number of hydrogen-bond acceptors (Lipinski definition) is 4. The van der Waals surface area contributed by atoms with E-state index in [1.54, 1.807) is 0 Å². The van der Waals surface area contributed by atoms with Gasteiger partial charge in [0.15, 0.2) is 5.79 Å². The molecule has 0 unspecified atom stereocenters. The highest BCUT2D eigenvalue weighted by Gasteiger charge is 2.25. The van der Waals surface area contributed by atoms with Crippen molar-refractivity contribution in [3.8, 4) is 0 Å². The van der Waals surface area contributed by atoms with E-state index >= 15 is 0 Å². The summed E-state index contributed by atoms with van der Waals surface area (Å²) in [4.78, 5) is 0. The Bertz CT molecular complexity index is 276. The number of aliphatic hydroxyl groups excluding tert-OH is 1. The highest BCUT2D eigenvalue weighted by Crippen LogP contribution is 2.15. The second-order valence-corrected chi connectivity index (χ2v) is 3.74. The van der Waals surface area contributed by atoms with E-state index in [0.29, 0.717) is 26.1 Å². The van der Waals surface area contributed by atoms with Crippen LogP contribution in [0.3, 0.4) is 0 Å². The average Bonchev–Trinajstić information content (AvgIpc) is 2.31. The fourth-order valence-corrected chi connectivity index (χ4v) is 1.28. The van der Waals surface area contributed by atoms with Crippen molar-refractivity contribution in [1.82, 2.24) is 0 Å². The molecule has 1 aromatic rings. The van der Waals surface area contributed by atoms with Crippen LogP contribution >= 0.6 is 0 Å². The standard InChI is InChI=1S/C7H8O.C5H10O3/c8-6-7-4-2-1-3-5-7;6-5(7)1-3-8-4-2-5/h1-5,8H,6H2;6-7H,1-4H2. The lowest BCUT2D eigenvalue weighted by Crippen LogP contribution is -2.35. The first-order valence-corrected chi connectivity index (χ1v) is 5.31. The van der Waals surface area contributed by atoms with Crippen molar-refractivity contribution in [3.05, 3.63) is 35.9 Å². The molecule has 0 aromatic heterocycles. The molecule has 1 heterocycles. The molecule has 0 radical (unpaired) electrons. The summed E-state index contributed by atoms with van der Waals surface area (Å²) in [6, 6.07) is 9.52. The predicted octanol–water partition coefficient (Wildman–Crippen LogP) is 0.657. The molecule has 0 bridgehead atoms. The molecule has 90 valence electrons. The minimum absolute atomic E-state index is 0.140. The largest absolute Gasteiger partial charge is 0.392 e. The number of rotatable bonds is 1. The van der Waals surface area contributed by atoms with Crippen molar-refractivity contribution in [1.29, 1.82) is 0 Å². The van der Waals surface area contributed by atoms with Gasteiger partial charge in [-0.25, -0.2) is 0 Å². The van der Waals surface area contributed by atoms with E-state index in [1.807, 2.05) is 30.3 Å². The molecular formula is C12H18O4. The summed E-state index contributed by atoms with van der Waals surface area (Å²) in [6.07, 6.45) is 0.681. The maximum Gasteiger partial charge on any atom is 0.166 e. The molecule has 4 nitrogen and oxygen atoms in total. The number of ether oxygens (including phenoxy) is 1. The lowest BCUT2D eigenvalue weighted by molar-refractivity contribution is -0.206. The lowest BCUT2D eigenvalue weighted by atomic mass is 10.1. The van der Waals surface area contributed by atoms with E-state index in [2.05, 4.69) is 0 Å². The zero-order chi connectivity index (χ0) is 11.9. The van der Waals surface area contributed by atoms with Gasteiger partial charge in [-0.2, -0.15) is 0 Å². The summed E-state index contributed by atoms with van der Waals surface area (Å²) in [7, 11) is 0. The molecule has 4 heteroatoms. The second kappa shape index (κ2) is 6.60. The van der Waals surface area contributed by atoms with Crippen molar-refractivity contribution in [2.24, 2.45) is 0 Å². The van der Waals surface area contributed by atoms with Gasteiger partial charge in [-0.15, -0.1) is 0 Å². The molecule has 2 rings (SSSR count). The SMILES string of the molecule is OC1(O)CCOCC1.OCc1ccccc1. The van der Waals surface area contributed by atoms with Crippen LogP contribution in [-0.2, 0) is 11.3 Å². The molecule has 1 fully saturated rings. The second-order valence-electron chi connectivity index (χ2n) is 3.74. The maximum absolute atomic E-state index is 8.85. The minimum atomic E-state index is -1.45. The molecule has 16 heavy (non-hydrogen) atoms. The summed E-state index contributed by atoms with van der Waals surface area (Å²) >= 11 is 0. The van der Waals surface area contributed by atoms with Crippen LogP contribution in [0.25, 0.3) is 0 Å². The van der Waals surface area contributed by atoms with Crippen LogP contribution in [0.2, 0.25) is 0 Å². The summed E-state index contributed by atoms with van der Waals surface area (Å²) in [5, 5.41) is 26.2. The molecule has 1 aliphatic heterocycles. The van der Waals surface area contributed by atoms with E-state index in [9.17, 15) is 0 Å². The minimum Gasteiger partial charge on any atom is -0.392 e. The summed E-state index contributed by atoms with van der Waals surface area (Å²) in [6.45, 7) is 1.07. The van der Waals surface area contributed by atoms with Crippen LogP contribution in [0, 0.1) is 0 Å². The van der Waals surface area contributed by atoms with Crippen LogP contribution in [-0.4, -0.2) is 34.3 Å². The van der Waals surface area contributed by atoms with E-state index in [4.69, 9.17) is 20.1 Å². The summed E-state index contributed by atoms with van der Waals surface area (Å²) in [5.41, 5.74) is 0.965. The average molecular weight is 226 g/mol. The zero-order valence-electron chi connectivity index (χ0n) is 9.17. The van der Waals surface area contributed by atoms with Gasteiger partial charge < -0.3 is 20.1 Å². The van der Waals surface area contributed by atoms with Crippen molar-refractivity contribution in [3.63, 3.8) is 0 Å². The summed E-state index contributed by atoms with van der Waals surface area (Å²) < 4.78 is 4.89. The summed E-state index contributed by atoms with van der Waals surface area (Å²) in [5.74, 6) is -1.45. The van der Waals surface area contributed by atoms with Crippen LogP contribution in [0.15, 0.2) is 30.3 Å². The fraction of sp³-hybridized carbons (Fsp3) is 0.500. The molecule has 0 aliphatic carbocycles. The van der Waals surface area contributed by atoms with Gasteiger partial charge in [0.2, 0.25) is 0 Å². The smallest absolute Gasteiger partial charge is 0.166 e. The van der Waals surface area contributed by atoms with Gasteiger partial charge in [0, 0.05) is 12.8 Å². The highest BCUT2D eigenvalue weighted by atomic mass is 16.5. The van der Waals surface area contributed by atoms with Crippen LogP contribution < -0.4 is 0 Å². The molecule has 0 saturated carbocycles. The van der Waals surface area contributed by atoms with E-state index in [1.165, 1.54) is 0 Å². The van der Waals surface area contributed by atoms with Crippen molar-refractivity contribution in [2.75, 3.05) is 13.2 Å². The van der Waals surface area contributed by atoms with Crippen molar-refractivity contribution < 1.29 is 20.1 Å². The van der Waals surface area contributed by atoms with E-state index < -0.39 is 5.79 Å². The monoisotopic (exact) mass is 226 g/mol. The third-order valence-electron chi connectivity index (χ3n) is 2.32. The molecule has 0 amide bonds. The van der Waals surface area contributed by atoms with Gasteiger partial charge in [0.05, 0.1) is 19.8 Å². The van der Waals surface area contributed by atoms with Crippen LogP contribution in [0.5, 0.6) is 0 Å². The topological polar surface area (TPSA) is 69.9 Å². The third-order valence-corrected chi connectivity index (χ3v) is 2.32. The van der Waals surface area contributed by atoms with Gasteiger partial charge >= 0.3 is 0 Å². The molecule has 0 spiro atoms. The van der Waals surface area contributed by atoms with Crippen LogP contribution in [0.1, 0.15) is 18.4 Å². The fourth-order valence-electron chi connectivity index (χ4n) is 1.28. The van der Waals surface area contributed by atoms with Crippen LogP contribution in [0.4, 0.5) is 0 Å². The molecular weight excluding hydrogens is 208 g/mol. The number of hydrogen-bond donors (Lipinski definition) is 3. The van der Waals surface area contributed by atoms with Gasteiger partial charge in [-0.1, -0.05) is 30.3 Å². The zero-order valence-corrected chi connectivity index (χ0v) is 9.17.